The van der Waals surface area contributed by atoms with Gasteiger partial charge in [0.1, 0.15) is 5.75 Å². The molecule has 3 N–H and O–H groups in total. The van der Waals surface area contributed by atoms with E-state index in [9.17, 15) is 14.4 Å². The Kier molecular flexibility index (Phi) is 5.60. The zero-order valence-electron chi connectivity index (χ0n) is 14.6. The normalized spacial score (nSPS) is 19.3. The molecule has 1 aromatic carbocycles. The van der Waals surface area contributed by atoms with E-state index in [4.69, 9.17) is 10.5 Å². The number of ether oxygens (including phenoxy) is 1. The number of primary amides is 1. The molecule has 2 heterocycles. The predicted molar refractivity (Wildman–Crippen MR) is 95.7 cm³/mol. The Morgan fingerprint density at radius 2 is 1.88 bits per heavy atom. The van der Waals surface area contributed by atoms with Crippen LogP contribution in [0.25, 0.3) is 0 Å². The highest BCUT2D eigenvalue weighted by Crippen LogP contribution is 2.33. The molecule has 0 radical (unpaired) electrons. The molecule has 0 saturated carbocycles. The van der Waals surface area contributed by atoms with E-state index in [1.807, 2.05) is 28.0 Å². The van der Waals surface area contributed by atoms with Gasteiger partial charge in [0.05, 0.1) is 25.3 Å². The summed E-state index contributed by atoms with van der Waals surface area (Å²) in [7, 11) is 0. The number of piperidine rings is 1. The minimum atomic E-state index is -0.646. The lowest BCUT2D eigenvalue weighted by Gasteiger charge is -2.38. The van der Waals surface area contributed by atoms with Crippen molar-refractivity contribution >= 4 is 23.4 Å². The maximum Gasteiger partial charge on any atom is 0.265 e. The van der Waals surface area contributed by atoms with Crippen molar-refractivity contribution < 1.29 is 19.1 Å². The van der Waals surface area contributed by atoms with Gasteiger partial charge in [-0.05, 0) is 31.4 Å². The minimum Gasteiger partial charge on any atom is -0.477 e. The molecule has 2 aliphatic rings. The molecular weight excluding hydrogens is 336 g/mol. The molecule has 8 heteroatoms. The van der Waals surface area contributed by atoms with Crippen LogP contribution in [0, 0.1) is 0 Å². The first-order valence-electron chi connectivity index (χ1n) is 8.89. The molecule has 0 unspecified atom stereocenters. The van der Waals surface area contributed by atoms with Gasteiger partial charge in [0, 0.05) is 13.1 Å². The smallest absolute Gasteiger partial charge is 0.265 e. The van der Waals surface area contributed by atoms with Gasteiger partial charge in [-0.1, -0.05) is 12.1 Å². The van der Waals surface area contributed by atoms with Crippen LogP contribution in [0.15, 0.2) is 24.3 Å². The van der Waals surface area contributed by atoms with Crippen LogP contribution in [0.2, 0.25) is 0 Å². The van der Waals surface area contributed by atoms with Crippen LogP contribution in [0.4, 0.5) is 5.69 Å². The third-order valence-corrected chi connectivity index (χ3v) is 4.60. The highest BCUT2D eigenvalue weighted by molar-refractivity contribution is 5.88. The van der Waals surface area contributed by atoms with Crippen molar-refractivity contribution in [2.45, 2.75) is 25.4 Å². The number of hydrogen-bond donors (Lipinski definition) is 2. The van der Waals surface area contributed by atoms with Crippen LogP contribution in [-0.2, 0) is 14.4 Å². The number of nitrogens with two attached hydrogens (primary N) is 1. The lowest BCUT2D eigenvalue weighted by Crippen LogP contribution is -2.53. The molecule has 1 aromatic rings. The number of nitrogens with one attached hydrogen (secondary N) is 1. The minimum absolute atomic E-state index is 0.0252. The first kappa shape index (κ1) is 18.0. The van der Waals surface area contributed by atoms with E-state index in [0.717, 1.165) is 38.0 Å². The van der Waals surface area contributed by atoms with Gasteiger partial charge in [0.15, 0.2) is 6.10 Å². The van der Waals surface area contributed by atoms with Crippen LogP contribution in [0.3, 0.4) is 0 Å². The number of hydrogen-bond acceptors (Lipinski definition) is 5. The Morgan fingerprint density at radius 1 is 1.15 bits per heavy atom. The van der Waals surface area contributed by atoms with Crippen LogP contribution < -0.4 is 20.7 Å². The second kappa shape index (κ2) is 8.07. The van der Waals surface area contributed by atoms with Crippen LogP contribution in [0.1, 0.15) is 19.3 Å². The van der Waals surface area contributed by atoms with E-state index in [0.29, 0.717) is 5.75 Å². The van der Waals surface area contributed by atoms with Gasteiger partial charge < -0.3 is 25.6 Å². The fraction of sp³-hybridized carbons (Fsp3) is 0.500. The standard InChI is InChI=1S/C18H24N4O4/c19-16(23)10-20-17(24)12-22-11-15(18(25)21-8-4-1-5-9-21)26-14-7-3-2-6-13(14)22/h2-3,6-7,15H,1,4-5,8-12H2,(H2,19,23)(H,20,24)/t15-/m0/s1. The Bertz CT molecular complexity index is 688. The number of anilines is 1. The number of nitrogens with zero attached hydrogens (tertiary/aromatic N) is 2. The summed E-state index contributed by atoms with van der Waals surface area (Å²) in [6.45, 7) is 1.60. The first-order valence-corrected chi connectivity index (χ1v) is 8.89. The molecule has 26 heavy (non-hydrogen) atoms. The molecular formula is C18H24N4O4. The fourth-order valence-corrected chi connectivity index (χ4v) is 3.32. The number of para-hydroxylation sites is 2. The van der Waals surface area contributed by atoms with Crippen molar-refractivity contribution in [3.05, 3.63) is 24.3 Å². The zero-order valence-corrected chi connectivity index (χ0v) is 14.6. The Morgan fingerprint density at radius 3 is 2.62 bits per heavy atom. The van der Waals surface area contributed by atoms with Crippen molar-refractivity contribution in [2.24, 2.45) is 5.73 Å². The first-order chi connectivity index (χ1) is 12.5. The van der Waals surface area contributed by atoms with E-state index < -0.39 is 12.0 Å². The molecule has 1 atom stereocenters. The van der Waals surface area contributed by atoms with E-state index in [2.05, 4.69) is 5.32 Å². The molecule has 3 rings (SSSR count). The SMILES string of the molecule is NC(=O)CNC(=O)CN1C[C@@H](C(=O)N2CCCCC2)Oc2ccccc21. The van der Waals surface area contributed by atoms with Crippen LogP contribution >= 0.6 is 0 Å². The van der Waals surface area contributed by atoms with Gasteiger partial charge in [-0.15, -0.1) is 0 Å². The van der Waals surface area contributed by atoms with Crippen molar-refractivity contribution in [3.8, 4) is 5.75 Å². The predicted octanol–water partition coefficient (Wildman–Crippen LogP) is -0.132. The Labute approximate surface area is 152 Å². The maximum atomic E-state index is 12.8. The molecule has 2 aliphatic heterocycles. The summed E-state index contributed by atoms with van der Waals surface area (Å²) >= 11 is 0. The van der Waals surface area contributed by atoms with E-state index in [-0.39, 0.29) is 31.4 Å². The summed E-state index contributed by atoms with van der Waals surface area (Å²) in [4.78, 5) is 39.4. The van der Waals surface area contributed by atoms with E-state index in [1.54, 1.807) is 6.07 Å². The molecule has 0 bridgehead atoms. The Balaban J connectivity index is 1.72. The van der Waals surface area contributed by atoms with Crippen molar-refractivity contribution in [1.82, 2.24) is 10.2 Å². The summed E-state index contributed by atoms with van der Waals surface area (Å²) in [5.41, 5.74) is 5.81. The van der Waals surface area contributed by atoms with Gasteiger partial charge >= 0.3 is 0 Å². The molecule has 140 valence electrons. The summed E-state index contributed by atoms with van der Waals surface area (Å²) in [5.74, 6) is -0.387. The number of amides is 3. The van der Waals surface area contributed by atoms with Gasteiger partial charge in [-0.2, -0.15) is 0 Å². The lowest BCUT2D eigenvalue weighted by molar-refractivity contribution is -0.139. The molecule has 0 aliphatic carbocycles. The highest BCUT2D eigenvalue weighted by atomic mass is 16.5. The number of carbonyl (C=O) groups is 3. The van der Waals surface area contributed by atoms with Gasteiger partial charge in [0.2, 0.25) is 11.8 Å². The van der Waals surface area contributed by atoms with Crippen LogP contribution in [0.5, 0.6) is 5.75 Å². The number of fused-ring (bicyclic) bond motifs is 1. The van der Waals surface area contributed by atoms with E-state index >= 15 is 0 Å². The van der Waals surface area contributed by atoms with Crippen molar-refractivity contribution in [1.29, 1.82) is 0 Å². The largest absolute Gasteiger partial charge is 0.477 e. The third kappa shape index (κ3) is 4.25. The zero-order chi connectivity index (χ0) is 18.5. The number of rotatable bonds is 5. The average molecular weight is 360 g/mol. The number of benzene rings is 1. The molecule has 0 spiro atoms. The van der Waals surface area contributed by atoms with E-state index in [1.165, 1.54) is 0 Å². The fourth-order valence-electron chi connectivity index (χ4n) is 3.32. The second-order valence-corrected chi connectivity index (χ2v) is 6.58. The molecule has 1 fully saturated rings. The molecule has 1 saturated heterocycles. The summed E-state index contributed by atoms with van der Waals surface area (Å²) in [5, 5.41) is 2.48. The van der Waals surface area contributed by atoms with Crippen molar-refractivity contribution in [3.63, 3.8) is 0 Å². The molecule has 3 amide bonds. The maximum absolute atomic E-state index is 12.8. The van der Waals surface area contributed by atoms with Gasteiger partial charge in [-0.3, -0.25) is 14.4 Å². The summed E-state index contributed by atoms with van der Waals surface area (Å²) < 4.78 is 5.92. The average Bonchev–Trinajstić information content (AvgIpc) is 2.66. The highest BCUT2D eigenvalue weighted by Gasteiger charge is 2.34. The summed E-state index contributed by atoms with van der Waals surface area (Å²) in [6, 6.07) is 7.32. The number of carbonyl (C=O) groups excluding carboxylic acids is 3. The quantitative estimate of drug-likeness (QED) is 0.761. The lowest BCUT2D eigenvalue weighted by atomic mass is 10.1. The number of likely N-dealkylation sites (tertiary alicyclic amines) is 1. The molecule has 8 nitrogen and oxygen atoms in total. The second-order valence-electron chi connectivity index (χ2n) is 6.58. The summed E-state index contributed by atoms with van der Waals surface area (Å²) in [6.07, 6.45) is 2.51. The monoisotopic (exact) mass is 360 g/mol. The van der Waals surface area contributed by atoms with Gasteiger partial charge in [-0.25, -0.2) is 0 Å². The molecule has 0 aromatic heterocycles. The Hall–Kier alpha value is -2.77. The third-order valence-electron chi connectivity index (χ3n) is 4.60. The van der Waals surface area contributed by atoms with Crippen molar-refractivity contribution in [2.75, 3.05) is 37.6 Å². The van der Waals surface area contributed by atoms with Crippen LogP contribution in [-0.4, -0.2) is 61.4 Å². The van der Waals surface area contributed by atoms with Gasteiger partial charge in [0.25, 0.3) is 5.91 Å². The topological polar surface area (TPSA) is 105 Å².